The van der Waals surface area contributed by atoms with E-state index in [1.807, 2.05) is 0 Å². The first-order valence-electron chi connectivity index (χ1n) is 10.2. The number of nitrogens with one attached hydrogen (secondary N) is 1. The lowest BCUT2D eigenvalue weighted by Crippen LogP contribution is -2.56. The average Bonchev–Trinajstić information content (AvgIpc) is 2.94. The summed E-state index contributed by atoms with van der Waals surface area (Å²) in [6.07, 6.45) is 1.95. The molecule has 0 aromatic carbocycles. The van der Waals surface area contributed by atoms with Crippen LogP contribution in [-0.4, -0.2) is 30.2 Å². The molecule has 0 aromatic heterocycles. The highest BCUT2D eigenvalue weighted by molar-refractivity contribution is 5.92. The van der Waals surface area contributed by atoms with Gasteiger partial charge in [-0.15, -0.1) is 0 Å². The number of carbonyl (C=O) groups excluding carboxylic acids is 3. The number of hydrogen-bond acceptors (Lipinski definition) is 3. The Bertz CT molecular complexity index is 758. The Labute approximate surface area is 162 Å². The average molecular weight is 397 g/mol. The minimum absolute atomic E-state index is 0.0166. The monoisotopic (exact) mass is 397 g/mol. The molecule has 3 fully saturated rings. The number of rotatable bonds is 2. The molecule has 0 spiro atoms. The van der Waals surface area contributed by atoms with E-state index in [4.69, 9.17) is 0 Å². The molecular formula is C21H26F3NO3. The zero-order valence-corrected chi connectivity index (χ0v) is 16.0. The Hall–Kier alpha value is -1.66. The fourth-order valence-corrected chi connectivity index (χ4v) is 6.80. The Kier molecular flexibility index (Phi) is 4.51. The van der Waals surface area contributed by atoms with Gasteiger partial charge < -0.3 is 5.32 Å². The highest BCUT2D eigenvalue weighted by Crippen LogP contribution is 2.64. The van der Waals surface area contributed by atoms with Crippen molar-refractivity contribution in [2.24, 2.45) is 28.6 Å². The van der Waals surface area contributed by atoms with Crippen LogP contribution in [0.1, 0.15) is 58.3 Å². The van der Waals surface area contributed by atoms with Crippen LogP contribution in [-0.2, 0) is 14.4 Å². The van der Waals surface area contributed by atoms with Crippen molar-refractivity contribution in [3.05, 3.63) is 11.6 Å². The van der Waals surface area contributed by atoms with Gasteiger partial charge >= 0.3 is 12.1 Å². The quantitative estimate of drug-likeness (QED) is 0.772. The molecule has 28 heavy (non-hydrogen) atoms. The van der Waals surface area contributed by atoms with Gasteiger partial charge in [0.1, 0.15) is 5.78 Å². The molecule has 154 valence electrons. The molecule has 4 aliphatic carbocycles. The predicted molar refractivity (Wildman–Crippen MR) is 95.1 cm³/mol. The Morgan fingerprint density at radius 1 is 1.11 bits per heavy atom. The number of ketones is 2. The molecule has 0 aliphatic heterocycles. The van der Waals surface area contributed by atoms with Crippen molar-refractivity contribution in [1.29, 1.82) is 0 Å². The van der Waals surface area contributed by atoms with Crippen molar-refractivity contribution in [1.82, 2.24) is 5.32 Å². The van der Waals surface area contributed by atoms with Crippen LogP contribution in [0.5, 0.6) is 0 Å². The third-order valence-electron chi connectivity index (χ3n) is 8.22. The summed E-state index contributed by atoms with van der Waals surface area (Å²) in [6.45, 7) is 1.97. The Morgan fingerprint density at radius 3 is 2.57 bits per heavy atom. The van der Waals surface area contributed by atoms with Crippen LogP contribution < -0.4 is 5.32 Å². The number of halogens is 3. The molecule has 0 aromatic rings. The van der Waals surface area contributed by atoms with Gasteiger partial charge in [-0.1, -0.05) is 12.5 Å². The first-order valence-corrected chi connectivity index (χ1v) is 10.2. The second kappa shape index (κ2) is 6.42. The second-order valence-corrected chi connectivity index (χ2v) is 9.31. The molecule has 4 aliphatic rings. The van der Waals surface area contributed by atoms with Gasteiger partial charge in [-0.25, -0.2) is 0 Å². The summed E-state index contributed by atoms with van der Waals surface area (Å²) in [5.41, 5.74) is -0.00560. The minimum atomic E-state index is -4.91. The minimum Gasteiger partial charge on any atom is -0.347 e. The van der Waals surface area contributed by atoms with Gasteiger partial charge in [0.2, 0.25) is 0 Å². The van der Waals surface area contributed by atoms with Crippen LogP contribution in [0.25, 0.3) is 0 Å². The first-order chi connectivity index (χ1) is 13.1. The molecule has 5 atom stereocenters. The van der Waals surface area contributed by atoms with Crippen LogP contribution in [0.2, 0.25) is 0 Å². The summed E-state index contributed by atoms with van der Waals surface area (Å²) in [6, 6.07) is 0. The highest BCUT2D eigenvalue weighted by atomic mass is 19.4. The maximum absolute atomic E-state index is 12.8. The van der Waals surface area contributed by atoms with E-state index in [0.717, 1.165) is 31.3 Å². The lowest BCUT2D eigenvalue weighted by atomic mass is 9.47. The van der Waals surface area contributed by atoms with E-state index in [-0.39, 0.29) is 35.5 Å². The van der Waals surface area contributed by atoms with E-state index in [0.29, 0.717) is 31.5 Å². The predicted octanol–water partition coefficient (Wildman–Crippen LogP) is 3.75. The molecule has 0 saturated heterocycles. The number of carbonyl (C=O) groups is 3. The molecule has 3 saturated carbocycles. The lowest BCUT2D eigenvalue weighted by Gasteiger charge is -2.58. The van der Waals surface area contributed by atoms with Crippen LogP contribution in [0, 0.1) is 28.6 Å². The van der Waals surface area contributed by atoms with Crippen LogP contribution in [0.4, 0.5) is 13.2 Å². The van der Waals surface area contributed by atoms with Crippen molar-refractivity contribution in [2.75, 3.05) is 6.54 Å². The Balaban J connectivity index is 1.66. The number of Topliss-reactive ketones (excluding diaryl/α,β-unsaturated/α-hetero) is 1. The van der Waals surface area contributed by atoms with Crippen molar-refractivity contribution in [3.8, 4) is 0 Å². The first kappa shape index (κ1) is 19.6. The zero-order chi connectivity index (χ0) is 20.3. The third-order valence-corrected chi connectivity index (χ3v) is 8.22. The number of hydrogen-bond donors (Lipinski definition) is 1. The van der Waals surface area contributed by atoms with Gasteiger partial charge in [-0.3, -0.25) is 14.4 Å². The molecule has 0 unspecified atom stereocenters. The van der Waals surface area contributed by atoms with Crippen LogP contribution in [0.3, 0.4) is 0 Å². The van der Waals surface area contributed by atoms with Crippen molar-refractivity contribution < 1.29 is 27.6 Å². The van der Waals surface area contributed by atoms with Gasteiger partial charge in [0.05, 0.1) is 0 Å². The number of fused-ring (bicyclic) bond motifs is 5. The van der Waals surface area contributed by atoms with E-state index in [1.54, 1.807) is 6.08 Å². The van der Waals surface area contributed by atoms with Gasteiger partial charge in [0.25, 0.3) is 0 Å². The van der Waals surface area contributed by atoms with Gasteiger partial charge in [-0.05, 0) is 62.4 Å². The summed E-state index contributed by atoms with van der Waals surface area (Å²) in [5.74, 6) is -0.958. The van der Waals surface area contributed by atoms with E-state index >= 15 is 0 Å². The molecule has 0 bridgehead atoms. The normalized spacial score (nSPS) is 40.3. The zero-order valence-electron chi connectivity index (χ0n) is 16.0. The number of amides is 1. The third kappa shape index (κ3) is 2.84. The van der Waals surface area contributed by atoms with Crippen LogP contribution >= 0.6 is 0 Å². The van der Waals surface area contributed by atoms with Gasteiger partial charge in [0, 0.05) is 30.2 Å². The standard InChI is InChI=1S/C21H26F3NO3/c1-19-8-7-16-14(15(19)4-5-17(19)27)3-2-12-10-13(26)6-9-20(12,16)11-25-18(28)21(22,23)24/h10,14-16H,2-9,11H2,1H3,(H,25,28)/t14-,15-,16-,19-,20+/m0/s1. The largest absolute Gasteiger partial charge is 0.471 e. The van der Waals surface area contributed by atoms with E-state index < -0.39 is 17.5 Å². The summed E-state index contributed by atoms with van der Waals surface area (Å²) in [7, 11) is 0. The fraction of sp³-hybridized carbons (Fsp3) is 0.762. The van der Waals surface area contributed by atoms with Crippen LogP contribution in [0.15, 0.2) is 11.6 Å². The number of alkyl halides is 3. The summed E-state index contributed by atoms with van der Waals surface area (Å²) < 4.78 is 38.3. The fourth-order valence-electron chi connectivity index (χ4n) is 6.80. The highest BCUT2D eigenvalue weighted by Gasteiger charge is 2.60. The van der Waals surface area contributed by atoms with Crippen molar-refractivity contribution in [3.63, 3.8) is 0 Å². The molecule has 4 nitrogen and oxygen atoms in total. The SMILES string of the molecule is C[C@]12CC[C@H]3[C@@H](CCC4=CC(=O)CC[C@@]43CNC(=O)C(F)(F)F)[C@@H]1CCC2=O. The van der Waals surface area contributed by atoms with Crippen molar-refractivity contribution in [2.45, 2.75) is 64.5 Å². The van der Waals surface area contributed by atoms with Gasteiger partial charge in [-0.2, -0.15) is 13.2 Å². The summed E-state index contributed by atoms with van der Waals surface area (Å²) in [5, 5.41) is 2.13. The smallest absolute Gasteiger partial charge is 0.347 e. The maximum atomic E-state index is 12.8. The van der Waals surface area contributed by atoms with Crippen molar-refractivity contribution >= 4 is 17.5 Å². The molecular weight excluding hydrogens is 371 g/mol. The molecule has 1 N–H and O–H groups in total. The summed E-state index contributed by atoms with van der Waals surface area (Å²) in [4.78, 5) is 36.0. The lowest BCUT2D eigenvalue weighted by molar-refractivity contribution is -0.174. The second-order valence-electron chi connectivity index (χ2n) is 9.31. The van der Waals surface area contributed by atoms with E-state index in [9.17, 15) is 27.6 Å². The molecule has 1 amide bonds. The van der Waals surface area contributed by atoms with E-state index in [1.165, 1.54) is 0 Å². The molecule has 7 heteroatoms. The molecule has 0 radical (unpaired) electrons. The van der Waals surface area contributed by atoms with Gasteiger partial charge in [0.15, 0.2) is 5.78 Å². The Morgan fingerprint density at radius 2 is 1.86 bits per heavy atom. The maximum Gasteiger partial charge on any atom is 0.471 e. The molecule has 4 rings (SSSR count). The molecule has 0 heterocycles. The summed E-state index contributed by atoms with van der Waals surface area (Å²) >= 11 is 0. The topological polar surface area (TPSA) is 63.2 Å². The van der Waals surface area contributed by atoms with E-state index in [2.05, 4.69) is 12.2 Å².